The number of aromatic nitrogens is 5. The lowest BCUT2D eigenvalue weighted by molar-refractivity contribution is -0.0529. The van der Waals surface area contributed by atoms with Gasteiger partial charge in [-0.2, -0.15) is 0 Å². The Balaban J connectivity index is 1.50. The van der Waals surface area contributed by atoms with Crippen molar-refractivity contribution in [3.63, 3.8) is 0 Å². The highest BCUT2D eigenvalue weighted by atomic mass is 19.3. The van der Waals surface area contributed by atoms with Crippen LogP contribution in [0.25, 0.3) is 22.4 Å². The molecule has 0 bridgehead atoms. The van der Waals surface area contributed by atoms with Gasteiger partial charge in [0.2, 0.25) is 0 Å². The summed E-state index contributed by atoms with van der Waals surface area (Å²) >= 11 is 0. The number of alkyl halides is 2. The first-order valence-electron chi connectivity index (χ1n) is 14.8. The number of anilines is 2. The zero-order valence-electron chi connectivity index (χ0n) is 25.6. The first kappa shape index (κ1) is 33.6. The highest BCUT2D eigenvalue weighted by Crippen LogP contribution is 2.35. The van der Waals surface area contributed by atoms with Crippen molar-refractivity contribution >= 4 is 28.8 Å². The fourth-order valence-corrected chi connectivity index (χ4v) is 5.44. The van der Waals surface area contributed by atoms with Crippen molar-refractivity contribution in [1.29, 1.82) is 0 Å². The maximum atomic E-state index is 15.1. The smallest absolute Gasteiger partial charge is 0.494 e. The van der Waals surface area contributed by atoms with Gasteiger partial charge in [0.15, 0.2) is 35.3 Å². The van der Waals surface area contributed by atoms with E-state index in [1.807, 2.05) is 6.92 Å². The molecule has 1 fully saturated rings. The Morgan fingerprint density at radius 1 is 1.15 bits per heavy atom. The van der Waals surface area contributed by atoms with Gasteiger partial charge in [0.1, 0.15) is 18.2 Å². The van der Waals surface area contributed by atoms with E-state index in [9.17, 15) is 23.1 Å². The van der Waals surface area contributed by atoms with Crippen LogP contribution in [0.1, 0.15) is 31.7 Å². The van der Waals surface area contributed by atoms with E-state index < -0.39 is 35.9 Å². The van der Waals surface area contributed by atoms with Crippen LogP contribution < -0.4 is 20.7 Å². The normalized spacial score (nSPS) is 17.2. The number of aliphatic hydroxyl groups excluding tert-OH is 1. The Bertz CT molecular complexity index is 1730. The Labute approximate surface area is 266 Å². The molecule has 0 radical (unpaired) electrons. The van der Waals surface area contributed by atoms with Crippen LogP contribution in [-0.2, 0) is 16.0 Å². The van der Waals surface area contributed by atoms with Crippen LogP contribution >= 0.6 is 0 Å². The van der Waals surface area contributed by atoms with Crippen LogP contribution in [0.4, 0.5) is 33.9 Å². The van der Waals surface area contributed by atoms with Gasteiger partial charge in [-0.15, -0.1) is 0 Å². The maximum Gasteiger partial charge on any atom is 0.510 e. The molecule has 2 atom stereocenters. The van der Waals surface area contributed by atoms with Gasteiger partial charge in [0, 0.05) is 24.7 Å². The number of aliphatic hydroxyl groups is 1. The van der Waals surface area contributed by atoms with Crippen molar-refractivity contribution in [2.75, 3.05) is 43.8 Å². The highest BCUT2D eigenvalue weighted by molar-refractivity contribution is 5.82. The fourth-order valence-electron chi connectivity index (χ4n) is 5.44. The topological polar surface area (TPSA) is 163 Å². The third-order valence-corrected chi connectivity index (χ3v) is 7.80. The lowest BCUT2D eigenvalue weighted by Gasteiger charge is -2.44. The van der Waals surface area contributed by atoms with Gasteiger partial charge in [-0.05, 0) is 37.0 Å². The van der Waals surface area contributed by atoms with Crippen molar-refractivity contribution in [3.8, 4) is 17.0 Å². The monoisotopic (exact) mass is 662 g/mol. The maximum absolute atomic E-state index is 15.1. The second-order valence-corrected chi connectivity index (χ2v) is 11.0. The molecule has 252 valence electrons. The van der Waals surface area contributed by atoms with E-state index in [1.165, 1.54) is 26.0 Å². The Hall–Kier alpha value is -4.77. The van der Waals surface area contributed by atoms with Gasteiger partial charge in [-0.1, -0.05) is 6.92 Å². The van der Waals surface area contributed by atoms with Gasteiger partial charge in [0.05, 0.1) is 49.7 Å². The number of halogens is 4. The van der Waals surface area contributed by atoms with E-state index in [4.69, 9.17) is 19.9 Å². The first-order valence-corrected chi connectivity index (χ1v) is 14.8. The summed E-state index contributed by atoms with van der Waals surface area (Å²) < 4.78 is 73.2. The Morgan fingerprint density at radius 3 is 2.70 bits per heavy atom. The van der Waals surface area contributed by atoms with Crippen LogP contribution in [-0.4, -0.2) is 87.4 Å². The van der Waals surface area contributed by atoms with Crippen molar-refractivity contribution in [2.45, 2.75) is 50.8 Å². The minimum absolute atomic E-state index is 0.0728. The number of imidazole rings is 1. The van der Waals surface area contributed by atoms with E-state index in [0.717, 1.165) is 12.1 Å². The number of hydrogen-bond acceptors (Lipinski definition) is 12. The summed E-state index contributed by atoms with van der Waals surface area (Å²) in [5.74, 6) is -1.56. The summed E-state index contributed by atoms with van der Waals surface area (Å²) in [7, 11) is 1.22. The molecule has 17 heteroatoms. The zero-order chi connectivity index (χ0) is 33.7. The minimum Gasteiger partial charge on any atom is -0.494 e. The fraction of sp³-hybridized carbons (Fsp3) is 0.433. The number of pyridine rings is 1. The predicted octanol–water partition coefficient (Wildman–Crippen LogP) is 4.08. The first-order chi connectivity index (χ1) is 22.5. The molecule has 5 rings (SSSR count). The van der Waals surface area contributed by atoms with Crippen LogP contribution in [0.5, 0.6) is 5.75 Å². The second-order valence-electron chi connectivity index (χ2n) is 11.0. The van der Waals surface area contributed by atoms with Gasteiger partial charge in [-0.25, -0.2) is 37.3 Å². The number of ether oxygens (including phenoxy) is 3. The SMILES string of the molecule is CCCOC(=O)OCNc1ncnc2c1ncn2Cc1cc(-c2cc(F)c(OC)cc2F)ncc1N1CCC[C@](N)([C@H](O)C(F)F)C1. The molecule has 0 amide bonds. The number of carbonyl (C=O) groups excluding carboxylic acids is 1. The Kier molecular flexibility index (Phi) is 10.2. The molecule has 13 nitrogen and oxygen atoms in total. The number of rotatable bonds is 12. The number of piperidine rings is 1. The third kappa shape index (κ3) is 7.30. The predicted molar refractivity (Wildman–Crippen MR) is 162 cm³/mol. The number of nitrogens with zero attached hydrogens (tertiary/aromatic N) is 6. The number of benzene rings is 1. The molecular formula is C30H34F4N8O5. The molecular weight excluding hydrogens is 628 g/mol. The molecule has 4 heterocycles. The number of carbonyl (C=O) groups is 1. The molecule has 1 aromatic carbocycles. The van der Waals surface area contributed by atoms with Crippen LogP contribution in [0.2, 0.25) is 0 Å². The average molecular weight is 663 g/mol. The molecule has 1 aliphatic heterocycles. The molecule has 1 saturated heterocycles. The molecule has 3 aromatic heterocycles. The van der Waals surface area contributed by atoms with Crippen molar-refractivity contribution < 1.29 is 41.7 Å². The minimum atomic E-state index is -3.04. The van der Waals surface area contributed by atoms with Gasteiger partial charge in [-0.3, -0.25) is 4.98 Å². The van der Waals surface area contributed by atoms with Crippen LogP contribution in [0.15, 0.2) is 37.1 Å². The summed E-state index contributed by atoms with van der Waals surface area (Å²) in [5.41, 5.74) is 6.39. The third-order valence-electron chi connectivity index (χ3n) is 7.80. The number of nitrogens with one attached hydrogen (secondary N) is 1. The zero-order valence-corrected chi connectivity index (χ0v) is 25.6. The molecule has 47 heavy (non-hydrogen) atoms. The van der Waals surface area contributed by atoms with Crippen molar-refractivity contribution in [3.05, 3.63) is 54.2 Å². The van der Waals surface area contributed by atoms with E-state index in [1.54, 1.807) is 15.5 Å². The van der Waals surface area contributed by atoms with E-state index >= 15 is 4.39 Å². The summed E-state index contributed by atoms with van der Waals surface area (Å²) in [5, 5.41) is 13.1. The standard InChI is InChI=1S/C30H34F4N8O5/c1-3-7-46-29(44)47-16-40-27-24-28(38-14-37-27)42(15-39-24)12-17-8-21(18-9-20(32)23(45-2)10-19(18)31)36-11-22(17)41-6-4-5-30(35,13-41)25(43)26(33)34/h8-11,14-15,25-26,43H,3-7,12-13,16,35H2,1-2H3,(H,37,38,40)/t25-,30-/m1/s1. The number of fused-ring (bicyclic) bond motifs is 1. The molecule has 4 aromatic rings. The summed E-state index contributed by atoms with van der Waals surface area (Å²) in [4.78, 5) is 30.7. The average Bonchev–Trinajstić information content (AvgIpc) is 3.47. The molecule has 0 spiro atoms. The Morgan fingerprint density at radius 2 is 1.96 bits per heavy atom. The lowest BCUT2D eigenvalue weighted by atomic mass is 9.84. The van der Waals surface area contributed by atoms with E-state index in [0.29, 0.717) is 41.8 Å². The van der Waals surface area contributed by atoms with Gasteiger partial charge in [0.25, 0.3) is 6.43 Å². The second kappa shape index (κ2) is 14.3. The quantitative estimate of drug-likeness (QED) is 0.113. The van der Waals surface area contributed by atoms with Gasteiger partial charge >= 0.3 is 6.16 Å². The van der Waals surface area contributed by atoms with Crippen LogP contribution in [0, 0.1) is 11.6 Å². The summed E-state index contributed by atoms with van der Waals surface area (Å²) in [6.07, 6.45) is -0.520. The van der Waals surface area contributed by atoms with E-state index in [-0.39, 0.29) is 55.7 Å². The molecule has 1 aliphatic rings. The molecule has 4 N–H and O–H groups in total. The van der Waals surface area contributed by atoms with Gasteiger partial charge < -0.3 is 39.8 Å². The largest absolute Gasteiger partial charge is 0.510 e. The summed E-state index contributed by atoms with van der Waals surface area (Å²) in [6.45, 7) is 2.20. The number of methoxy groups -OCH3 is 1. The number of nitrogens with two attached hydrogens (primary N) is 1. The summed E-state index contributed by atoms with van der Waals surface area (Å²) in [6, 6.07) is 3.45. The number of hydrogen-bond donors (Lipinski definition) is 3. The molecule has 0 unspecified atom stereocenters. The van der Waals surface area contributed by atoms with Crippen molar-refractivity contribution in [2.24, 2.45) is 5.73 Å². The molecule has 0 aliphatic carbocycles. The lowest BCUT2D eigenvalue weighted by Crippen LogP contribution is -2.63. The highest BCUT2D eigenvalue weighted by Gasteiger charge is 2.43. The van der Waals surface area contributed by atoms with E-state index in [2.05, 4.69) is 25.3 Å². The van der Waals surface area contributed by atoms with Crippen molar-refractivity contribution in [1.82, 2.24) is 24.5 Å². The van der Waals surface area contributed by atoms with Crippen LogP contribution in [0.3, 0.4) is 0 Å². The molecule has 0 saturated carbocycles.